The predicted octanol–water partition coefficient (Wildman–Crippen LogP) is 3.94. The Morgan fingerprint density at radius 3 is 2.68 bits per heavy atom. The van der Waals surface area contributed by atoms with Crippen LogP contribution in [0, 0.1) is 5.92 Å². The molecule has 0 unspecified atom stereocenters. The minimum atomic E-state index is 0.172. The number of imidazole rings is 1. The van der Waals surface area contributed by atoms with Gasteiger partial charge in [0.05, 0.1) is 16.3 Å². The first-order valence-electron chi connectivity index (χ1n) is 6.91. The molecule has 3 fully saturated rings. The van der Waals surface area contributed by atoms with Crippen LogP contribution in [0.25, 0.3) is 5.65 Å². The summed E-state index contributed by atoms with van der Waals surface area (Å²) in [5, 5.41) is 0. The normalized spacial score (nSPS) is 28.3. The Labute approximate surface area is 121 Å². The van der Waals surface area contributed by atoms with Crippen molar-refractivity contribution in [2.45, 2.75) is 44.6 Å². The van der Waals surface area contributed by atoms with Crippen LogP contribution in [0.15, 0.2) is 22.9 Å². The van der Waals surface area contributed by atoms with Crippen molar-refractivity contribution in [1.82, 2.24) is 9.38 Å². The Bertz CT molecular complexity index is 644. The molecule has 0 saturated heterocycles. The molecule has 2 aromatic heterocycles. The molecule has 0 N–H and O–H groups in total. The van der Waals surface area contributed by atoms with E-state index in [0.717, 1.165) is 21.8 Å². The third kappa shape index (κ3) is 1.65. The summed E-state index contributed by atoms with van der Waals surface area (Å²) in [4.78, 5) is 4.82. The lowest BCUT2D eigenvalue weighted by molar-refractivity contribution is -0.0304. The summed E-state index contributed by atoms with van der Waals surface area (Å²) in [5.41, 5.74) is 2.67. The van der Waals surface area contributed by atoms with Gasteiger partial charge < -0.3 is 9.14 Å². The van der Waals surface area contributed by atoms with Crippen LogP contribution in [0.2, 0.25) is 0 Å². The van der Waals surface area contributed by atoms with Gasteiger partial charge in [0.15, 0.2) is 0 Å². The Kier molecular flexibility index (Phi) is 2.32. The maximum atomic E-state index is 5.80. The smallest absolute Gasteiger partial charge is 0.140 e. The molecule has 0 atom stereocenters. The first kappa shape index (κ1) is 11.8. The highest BCUT2D eigenvalue weighted by Crippen LogP contribution is 2.64. The Balaban J connectivity index is 1.76. The van der Waals surface area contributed by atoms with Gasteiger partial charge in [-0.15, -0.1) is 0 Å². The summed E-state index contributed by atoms with van der Waals surface area (Å²) in [6.45, 7) is 4.07. The van der Waals surface area contributed by atoms with E-state index in [2.05, 4.69) is 32.7 Å². The van der Waals surface area contributed by atoms with E-state index in [1.807, 2.05) is 19.9 Å². The quantitative estimate of drug-likeness (QED) is 0.856. The Morgan fingerprint density at radius 2 is 2.11 bits per heavy atom. The van der Waals surface area contributed by atoms with Crippen LogP contribution >= 0.6 is 15.9 Å². The number of pyridine rings is 1. The number of hydrogen-bond acceptors (Lipinski definition) is 2. The van der Waals surface area contributed by atoms with Gasteiger partial charge in [-0.3, -0.25) is 0 Å². The van der Waals surface area contributed by atoms with Gasteiger partial charge in [0, 0.05) is 23.9 Å². The predicted molar refractivity (Wildman–Crippen MR) is 77.7 cm³/mol. The fraction of sp³-hybridized carbons (Fsp3) is 0.533. The minimum Gasteiger partial charge on any atom is -0.490 e. The average molecular weight is 321 g/mol. The summed E-state index contributed by atoms with van der Waals surface area (Å²) in [6.07, 6.45) is 8.43. The molecule has 3 saturated carbocycles. The van der Waals surface area contributed by atoms with E-state index in [-0.39, 0.29) is 6.10 Å². The molecular weight excluding hydrogens is 304 g/mol. The highest BCUT2D eigenvalue weighted by molar-refractivity contribution is 9.10. The summed E-state index contributed by atoms with van der Waals surface area (Å²) >= 11 is 3.57. The summed E-state index contributed by atoms with van der Waals surface area (Å²) < 4.78 is 8.88. The number of fused-ring (bicyclic) bond motifs is 1. The monoisotopic (exact) mass is 320 g/mol. The van der Waals surface area contributed by atoms with Crippen molar-refractivity contribution in [2.24, 2.45) is 5.92 Å². The standard InChI is InChI=1S/C15H17BrN2O/c1-9(2)19-12-3-14-17-13(8-18(14)7-11(12)16)15-4-10(5-15)6-15/h3,7-10H,4-6H2,1-2H3. The van der Waals surface area contributed by atoms with Crippen molar-refractivity contribution < 1.29 is 4.74 Å². The van der Waals surface area contributed by atoms with Crippen molar-refractivity contribution in [1.29, 1.82) is 0 Å². The van der Waals surface area contributed by atoms with Crippen molar-refractivity contribution >= 4 is 21.6 Å². The van der Waals surface area contributed by atoms with E-state index < -0.39 is 0 Å². The molecule has 4 heteroatoms. The summed E-state index contributed by atoms with van der Waals surface area (Å²) in [5.74, 6) is 1.86. The number of aromatic nitrogens is 2. The zero-order valence-corrected chi connectivity index (χ0v) is 12.8. The van der Waals surface area contributed by atoms with E-state index >= 15 is 0 Å². The van der Waals surface area contributed by atoms with Gasteiger partial charge in [-0.2, -0.15) is 0 Å². The van der Waals surface area contributed by atoms with Crippen LogP contribution in [0.4, 0.5) is 0 Å². The number of rotatable bonds is 3. The van der Waals surface area contributed by atoms with Crippen molar-refractivity contribution in [3.63, 3.8) is 0 Å². The van der Waals surface area contributed by atoms with Crippen LogP contribution in [0.1, 0.15) is 38.8 Å². The van der Waals surface area contributed by atoms with Crippen LogP contribution in [0.5, 0.6) is 5.75 Å². The second-order valence-electron chi connectivity index (χ2n) is 6.30. The number of nitrogens with zero attached hydrogens (tertiary/aromatic N) is 2. The molecule has 0 spiro atoms. The first-order chi connectivity index (χ1) is 9.06. The van der Waals surface area contributed by atoms with Crippen molar-refractivity contribution in [3.8, 4) is 5.75 Å². The molecule has 0 amide bonds. The number of ether oxygens (including phenoxy) is 1. The Morgan fingerprint density at radius 1 is 1.37 bits per heavy atom. The molecule has 3 aliphatic carbocycles. The molecule has 3 aliphatic rings. The number of halogens is 1. The van der Waals surface area contributed by atoms with Crippen LogP contribution < -0.4 is 4.74 Å². The fourth-order valence-electron chi connectivity index (χ4n) is 3.38. The molecule has 100 valence electrons. The zero-order chi connectivity index (χ0) is 13.2. The topological polar surface area (TPSA) is 26.5 Å². The van der Waals surface area contributed by atoms with E-state index in [4.69, 9.17) is 9.72 Å². The second-order valence-corrected chi connectivity index (χ2v) is 7.16. The summed E-state index contributed by atoms with van der Waals surface area (Å²) in [7, 11) is 0. The van der Waals surface area contributed by atoms with Gasteiger partial charge in [-0.05, 0) is 55.0 Å². The lowest BCUT2D eigenvalue weighted by Crippen LogP contribution is -2.55. The number of hydrogen-bond donors (Lipinski definition) is 0. The van der Waals surface area contributed by atoms with Crippen LogP contribution in [0.3, 0.4) is 0 Å². The third-order valence-electron chi connectivity index (χ3n) is 4.45. The molecule has 19 heavy (non-hydrogen) atoms. The van der Waals surface area contributed by atoms with Crippen LogP contribution in [-0.4, -0.2) is 15.5 Å². The molecule has 2 aromatic rings. The lowest BCUT2D eigenvalue weighted by atomic mass is 9.43. The van der Waals surface area contributed by atoms with Gasteiger partial charge in [0.1, 0.15) is 11.4 Å². The lowest BCUT2D eigenvalue weighted by Gasteiger charge is -2.61. The molecular formula is C15H17BrN2O. The molecule has 0 radical (unpaired) electrons. The van der Waals surface area contributed by atoms with Crippen molar-refractivity contribution in [2.75, 3.05) is 0 Å². The van der Waals surface area contributed by atoms with Crippen LogP contribution in [-0.2, 0) is 5.41 Å². The van der Waals surface area contributed by atoms with Gasteiger partial charge in [-0.25, -0.2) is 4.98 Å². The summed E-state index contributed by atoms with van der Waals surface area (Å²) in [6, 6.07) is 2.03. The molecule has 0 aromatic carbocycles. The van der Waals surface area contributed by atoms with E-state index in [0.29, 0.717) is 5.41 Å². The maximum Gasteiger partial charge on any atom is 0.140 e. The average Bonchev–Trinajstić information content (AvgIpc) is 2.55. The maximum absolute atomic E-state index is 5.80. The van der Waals surface area contributed by atoms with Gasteiger partial charge >= 0.3 is 0 Å². The fourth-order valence-corrected chi connectivity index (χ4v) is 3.81. The largest absolute Gasteiger partial charge is 0.490 e. The highest BCUT2D eigenvalue weighted by atomic mass is 79.9. The van der Waals surface area contributed by atoms with Gasteiger partial charge in [0.25, 0.3) is 0 Å². The second kappa shape index (κ2) is 3.75. The van der Waals surface area contributed by atoms with E-state index in [9.17, 15) is 0 Å². The third-order valence-corrected chi connectivity index (χ3v) is 5.05. The molecule has 3 nitrogen and oxygen atoms in total. The van der Waals surface area contributed by atoms with E-state index in [1.54, 1.807) is 0 Å². The van der Waals surface area contributed by atoms with E-state index in [1.165, 1.54) is 25.0 Å². The zero-order valence-electron chi connectivity index (χ0n) is 11.2. The molecule has 2 bridgehead atoms. The highest BCUT2D eigenvalue weighted by Gasteiger charge is 2.58. The van der Waals surface area contributed by atoms with Gasteiger partial charge in [0.2, 0.25) is 0 Å². The Hall–Kier alpha value is -1.03. The van der Waals surface area contributed by atoms with Crippen molar-refractivity contribution in [3.05, 3.63) is 28.6 Å². The molecule has 0 aliphatic heterocycles. The van der Waals surface area contributed by atoms with Gasteiger partial charge in [-0.1, -0.05) is 0 Å². The minimum absolute atomic E-state index is 0.172. The molecule has 2 heterocycles. The first-order valence-corrected chi connectivity index (χ1v) is 7.70. The molecule has 5 rings (SSSR count). The SMILES string of the molecule is CC(C)Oc1cc2nc(C34CC(C3)C4)cn2cc1Br.